The van der Waals surface area contributed by atoms with Crippen LogP contribution < -0.4 is 0 Å². The van der Waals surface area contributed by atoms with Crippen LogP contribution in [0.3, 0.4) is 0 Å². The lowest BCUT2D eigenvalue weighted by Crippen LogP contribution is -2.48. The summed E-state index contributed by atoms with van der Waals surface area (Å²) in [6, 6.07) is 19.7. The molecule has 0 unspecified atom stereocenters. The molecule has 1 aliphatic rings. The van der Waals surface area contributed by atoms with Crippen LogP contribution in [0.4, 0.5) is 13.2 Å². The van der Waals surface area contributed by atoms with Gasteiger partial charge in [0.1, 0.15) is 5.69 Å². The highest BCUT2D eigenvalue weighted by Gasteiger charge is 2.35. The van der Waals surface area contributed by atoms with Crippen molar-refractivity contribution in [2.24, 2.45) is 0 Å². The fourth-order valence-electron chi connectivity index (χ4n) is 4.73. The highest BCUT2D eigenvalue weighted by Crippen LogP contribution is 2.36. The molecule has 0 radical (unpaired) electrons. The Kier molecular flexibility index (Phi) is 8.32. The predicted molar refractivity (Wildman–Crippen MR) is 146 cm³/mol. The summed E-state index contributed by atoms with van der Waals surface area (Å²) in [5.74, 6) is 0.335. The van der Waals surface area contributed by atoms with Crippen LogP contribution >= 0.6 is 23.2 Å². The summed E-state index contributed by atoms with van der Waals surface area (Å²) in [4.78, 5) is 4.40. The zero-order valence-corrected chi connectivity index (χ0v) is 22.3. The summed E-state index contributed by atoms with van der Waals surface area (Å²) in [7, 11) is 0. The number of aromatic nitrogens is 4. The van der Waals surface area contributed by atoms with E-state index in [1.165, 1.54) is 10.7 Å². The molecule has 0 bridgehead atoms. The summed E-state index contributed by atoms with van der Waals surface area (Å²) < 4.78 is 42.4. The molecule has 3 aromatic carbocycles. The van der Waals surface area contributed by atoms with Gasteiger partial charge in [0.2, 0.25) is 0 Å². The number of piperazine rings is 1. The van der Waals surface area contributed by atoms with E-state index in [0.29, 0.717) is 40.2 Å². The Balaban J connectivity index is 1.44. The first-order valence-electron chi connectivity index (χ1n) is 12.4. The molecule has 1 aliphatic heterocycles. The van der Waals surface area contributed by atoms with Gasteiger partial charge in [0.25, 0.3) is 0 Å². The molecule has 0 amide bonds. The second-order valence-corrected chi connectivity index (χ2v) is 10.0. The molecular weight excluding hydrogens is 548 g/mol. The van der Waals surface area contributed by atoms with Crippen molar-refractivity contribution in [1.82, 2.24) is 30.0 Å². The maximum atomic E-state index is 13.7. The number of alkyl halides is 3. The van der Waals surface area contributed by atoms with Crippen molar-refractivity contribution >= 4 is 29.3 Å². The second kappa shape index (κ2) is 11.9. The highest BCUT2D eigenvalue weighted by atomic mass is 35.5. The lowest BCUT2D eigenvalue weighted by atomic mass is 10.0. The smallest absolute Gasteiger partial charge is 0.297 e. The number of para-hydroxylation sites is 1. The molecule has 1 aromatic heterocycles. The standard InChI is InChI=1S/C28H25Cl2F3N6/c29-23-12-5-13-24(30)26(23)39-27(34-35-36-39)25(21-10-4-11-22(19-21)28(31,32)33)38-17-15-37(16-18-38)14-6-9-20-7-2-1-3-8-20/h1-13,19,25H,14-18H2/b9-6+/t25-/m0/s1. The highest BCUT2D eigenvalue weighted by molar-refractivity contribution is 6.37. The van der Waals surface area contributed by atoms with E-state index in [1.807, 2.05) is 30.3 Å². The Bertz CT molecular complexity index is 1410. The summed E-state index contributed by atoms with van der Waals surface area (Å²) >= 11 is 12.9. The molecule has 39 heavy (non-hydrogen) atoms. The lowest BCUT2D eigenvalue weighted by Gasteiger charge is -2.38. The van der Waals surface area contributed by atoms with Crippen LogP contribution in [-0.2, 0) is 6.18 Å². The normalized spacial score (nSPS) is 16.1. The van der Waals surface area contributed by atoms with Gasteiger partial charge in [-0.3, -0.25) is 9.80 Å². The predicted octanol–water partition coefficient (Wildman–Crippen LogP) is 6.41. The van der Waals surface area contributed by atoms with E-state index < -0.39 is 17.8 Å². The Hall–Kier alpha value is -3.24. The summed E-state index contributed by atoms with van der Waals surface area (Å²) in [6.45, 7) is 3.42. The zero-order valence-electron chi connectivity index (χ0n) is 20.8. The molecule has 6 nitrogen and oxygen atoms in total. The van der Waals surface area contributed by atoms with Crippen LogP contribution in [0, 0.1) is 0 Å². The number of benzene rings is 3. The van der Waals surface area contributed by atoms with Gasteiger partial charge in [-0.05, 0) is 45.8 Å². The van der Waals surface area contributed by atoms with Crippen LogP contribution in [0.2, 0.25) is 10.0 Å². The van der Waals surface area contributed by atoms with E-state index in [1.54, 1.807) is 24.3 Å². The summed E-state index contributed by atoms with van der Waals surface area (Å²) in [6.07, 6.45) is -0.281. The van der Waals surface area contributed by atoms with Gasteiger partial charge in [-0.25, -0.2) is 0 Å². The quantitative estimate of drug-likeness (QED) is 0.256. The zero-order chi connectivity index (χ0) is 27.4. The van der Waals surface area contributed by atoms with E-state index in [2.05, 4.69) is 37.5 Å². The van der Waals surface area contributed by atoms with Gasteiger partial charge >= 0.3 is 6.18 Å². The Morgan fingerprint density at radius 3 is 2.26 bits per heavy atom. The van der Waals surface area contributed by atoms with Crippen LogP contribution in [0.5, 0.6) is 0 Å². The molecule has 0 saturated carbocycles. The van der Waals surface area contributed by atoms with E-state index in [0.717, 1.165) is 37.3 Å². The molecule has 2 heterocycles. The number of halogens is 5. The minimum atomic E-state index is -4.48. The molecule has 1 saturated heterocycles. The molecule has 1 atom stereocenters. The van der Waals surface area contributed by atoms with Crippen molar-refractivity contribution in [1.29, 1.82) is 0 Å². The minimum absolute atomic E-state index is 0.328. The van der Waals surface area contributed by atoms with Crippen LogP contribution in [0.15, 0.2) is 78.9 Å². The fourth-order valence-corrected chi connectivity index (χ4v) is 5.29. The monoisotopic (exact) mass is 572 g/mol. The number of hydrogen-bond donors (Lipinski definition) is 0. The number of nitrogens with zero attached hydrogens (tertiary/aromatic N) is 6. The van der Waals surface area contributed by atoms with Gasteiger partial charge in [-0.15, -0.1) is 5.10 Å². The van der Waals surface area contributed by atoms with E-state index >= 15 is 0 Å². The largest absolute Gasteiger partial charge is 0.416 e. The van der Waals surface area contributed by atoms with Crippen LogP contribution in [-0.4, -0.2) is 62.7 Å². The van der Waals surface area contributed by atoms with Crippen LogP contribution in [0.25, 0.3) is 11.8 Å². The number of rotatable bonds is 7. The third-order valence-corrected chi connectivity index (χ3v) is 7.27. The summed E-state index contributed by atoms with van der Waals surface area (Å²) in [5, 5.41) is 12.9. The number of hydrogen-bond acceptors (Lipinski definition) is 5. The third-order valence-electron chi connectivity index (χ3n) is 6.66. The molecule has 202 valence electrons. The van der Waals surface area contributed by atoms with Crippen LogP contribution in [0.1, 0.15) is 28.6 Å². The molecule has 0 aliphatic carbocycles. The van der Waals surface area contributed by atoms with Crippen molar-refractivity contribution < 1.29 is 13.2 Å². The van der Waals surface area contributed by atoms with Gasteiger partial charge in [-0.2, -0.15) is 17.9 Å². The topological polar surface area (TPSA) is 50.1 Å². The van der Waals surface area contributed by atoms with Crippen molar-refractivity contribution in [3.63, 3.8) is 0 Å². The molecule has 4 aromatic rings. The van der Waals surface area contributed by atoms with Gasteiger partial charge < -0.3 is 0 Å². The molecule has 5 rings (SSSR count). The Labute approximate surface area is 234 Å². The molecule has 0 N–H and O–H groups in total. The third kappa shape index (κ3) is 6.33. The Morgan fingerprint density at radius 2 is 1.56 bits per heavy atom. The van der Waals surface area contributed by atoms with E-state index in [-0.39, 0.29) is 0 Å². The first-order valence-corrected chi connectivity index (χ1v) is 13.1. The maximum Gasteiger partial charge on any atom is 0.416 e. The molecular formula is C28H25Cl2F3N6. The first-order chi connectivity index (χ1) is 18.8. The maximum absolute atomic E-state index is 13.7. The molecule has 1 fully saturated rings. The fraction of sp³-hybridized carbons (Fsp3) is 0.250. The van der Waals surface area contributed by atoms with Crippen molar-refractivity contribution in [3.8, 4) is 5.69 Å². The Morgan fingerprint density at radius 1 is 0.872 bits per heavy atom. The van der Waals surface area contributed by atoms with E-state index in [9.17, 15) is 13.2 Å². The van der Waals surface area contributed by atoms with Crippen molar-refractivity contribution in [3.05, 3.63) is 111 Å². The van der Waals surface area contributed by atoms with Gasteiger partial charge in [0.15, 0.2) is 5.82 Å². The van der Waals surface area contributed by atoms with Gasteiger partial charge in [-0.1, -0.05) is 83.9 Å². The average Bonchev–Trinajstić information content (AvgIpc) is 3.39. The average molecular weight is 573 g/mol. The van der Waals surface area contributed by atoms with Gasteiger partial charge in [0, 0.05) is 32.7 Å². The SMILES string of the molecule is FC(F)(F)c1cccc([C@@H](c2nnnn2-c2c(Cl)cccc2Cl)N2CCN(C/C=C/c3ccccc3)CC2)c1. The molecule has 0 spiro atoms. The molecule has 11 heteroatoms. The van der Waals surface area contributed by atoms with E-state index in [4.69, 9.17) is 23.2 Å². The minimum Gasteiger partial charge on any atom is -0.297 e. The first kappa shape index (κ1) is 27.3. The lowest BCUT2D eigenvalue weighted by molar-refractivity contribution is -0.137. The second-order valence-electron chi connectivity index (χ2n) is 9.19. The van der Waals surface area contributed by atoms with Gasteiger partial charge in [0.05, 0.1) is 21.7 Å². The van der Waals surface area contributed by atoms with Crippen molar-refractivity contribution in [2.75, 3.05) is 32.7 Å². The summed E-state index contributed by atoms with van der Waals surface area (Å²) in [5.41, 5.74) is 1.21. The number of tetrazole rings is 1. The van der Waals surface area contributed by atoms with Crippen molar-refractivity contribution in [2.45, 2.75) is 12.2 Å².